The molecule has 0 atom stereocenters. The van der Waals surface area contributed by atoms with Crippen molar-refractivity contribution in [2.75, 3.05) is 0 Å². The van der Waals surface area contributed by atoms with Gasteiger partial charge in [-0.1, -0.05) is 12.1 Å². The maximum absolute atomic E-state index is 5.55. The molecule has 72 valence electrons. The highest BCUT2D eigenvalue weighted by Gasteiger charge is 2.17. The third-order valence-corrected chi connectivity index (χ3v) is 2.26. The van der Waals surface area contributed by atoms with Crippen molar-refractivity contribution in [2.45, 2.75) is 6.61 Å². The number of H-pyrrole nitrogens is 1. The largest absolute Gasteiger partial charge is 0.488 e. The highest BCUT2D eigenvalue weighted by atomic mass is 35.5. The van der Waals surface area contributed by atoms with Gasteiger partial charge in [-0.05, 0) is 12.1 Å². The van der Waals surface area contributed by atoms with Crippen LogP contribution in [0.3, 0.4) is 0 Å². The Morgan fingerprint density at radius 1 is 1.29 bits per heavy atom. The zero-order valence-electron chi connectivity index (χ0n) is 7.36. The molecule has 2 heterocycles. The van der Waals surface area contributed by atoms with Crippen molar-refractivity contribution in [1.29, 1.82) is 0 Å². The smallest absolute Gasteiger partial charge is 0.129 e. The minimum atomic E-state index is 0. The number of nitrogens with zero attached hydrogens (tertiary/aromatic N) is 1. The topological polar surface area (TPSA) is 37.9 Å². The van der Waals surface area contributed by atoms with E-state index in [0.29, 0.717) is 6.61 Å². The molecule has 1 aromatic carbocycles. The first-order valence-electron chi connectivity index (χ1n) is 4.19. The molecule has 0 radical (unpaired) electrons. The lowest BCUT2D eigenvalue weighted by Crippen LogP contribution is -2.03. The first-order valence-corrected chi connectivity index (χ1v) is 4.19. The van der Waals surface area contributed by atoms with Crippen LogP contribution in [0.5, 0.6) is 5.75 Å². The lowest BCUT2D eigenvalue weighted by Gasteiger charge is -2.16. The Labute approximate surface area is 87.5 Å². The van der Waals surface area contributed by atoms with Gasteiger partial charge in [0.1, 0.15) is 12.4 Å². The van der Waals surface area contributed by atoms with Gasteiger partial charge in [0.25, 0.3) is 0 Å². The number of aromatic nitrogens is 2. The van der Waals surface area contributed by atoms with Gasteiger partial charge in [0.15, 0.2) is 0 Å². The maximum atomic E-state index is 5.55. The predicted octanol–water partition coefficient (Wildman–Crippen LogP) is 2.39. The van der Waals surface area contributed by atoms with Crippen LogP contribution in [-0.4, -0.2) is 10.2 Å². The van der Waals surface area contributed by atoms with Crippen LogP contribution in [0.15, 0.2) is 30.5 Å². The van der Waals surface area contributed by atoms with Crippen LogP contribution in [0, 0.1) is 0 Å². The zero-order chi connectivity index (χ0) is 8.67. The summed E-state index contributed by atoms with van der Waals surface area (Å²) in [4.78, 5) is 0. The number of aromatic amines is 1. The van der Waals surface area contributed by atoms with Crippen LogP contribution >= 0.6 is 12.4 Å². The summed E-state index contributed by atoms with van der Waals surface area (Å²) in [6, 6.07) is 7.98. The van der Waals surface area contributed by atoms with Crippen LogP contribution in [0.25, 0.3) is 11.3 Å². The number of benzene rings is 1. The molecule has 3 rings (SSSR count). The molecule has 0 fully saturated rings. The van der Waals surface area contributed by atoms with Gasteiger partial charge >= 0.3 is 0 Å². The summed E-state index contributed by atoms with van der Waals surface area (Å²) in [5, 5.41) is 6.98. The first-order chi connectivity index (χ1) is 6.45. The lowest BCUT2D eigenvalue weighted by atomic mass is 10.1. The minimum Gasteiger partial charge on any atom is -0.488 e. The molecule has 14 heavy (non-hydrogen) atoms. The van der Waals surface area contributed by atoms with Gasteiger partial charge in [0.05, 0.1) is 11.9 Å². The second-order valence-corrected chi connectivity index (χ2v) is 3.06. The van der Waals surface area contributed by atoms with E-state index in [9.17, 15) is 0 Å². The zero-order valence-corrected chi connectivity index (χ0v) is 8.17. The average molecular weight is 209 g/mol. The molecule has 4 heteroatoms. The summed E-state index contributed by atoms with van der Waals surface area (Å²) in [7, 11) is 0. The predicted molar refractivity (Wildman–Crippen MR) is 55.6 cm³/mol. The van der Waals surface area contributed by atoms with Gasteiger partial charge in [-0.15, -0.1) is 12.4 Å². The Morgan fingerprint density at radius 3 is 3.07 bits per heavy atom. The van der Waals surface area contributed by atoms with Crippen LogP contribution in [0.1, 0.15) is 5.56 Å². The Kier molecular flexibility index (Phi) is 2.17. The summed E-state index contributed by atoms with van der Waals surface area (Å²) in [6.45, 7) is 0.614. The number of nitrogens with one attached hydrogen (secondary N) is 1. The Balaban J connectivity index is 0.000000750. The summed E-state index contributed by atoms with van der Waals surface area (Å²) < 4.78 is 5.55. The molecule has 1 aliphatic rings. The molecule has 3 nitrogen and oxygen atoms in total. The van der Waals surface area contributed by atoms with Crippen LogP contribution in [0.4, 0.5) is 0 Å². The second kappa shape index (κ2) is 3.35. The number of hydrogen-bond acceptors (Lipinski definition) is 2. The van der Waals surface area contributed by atoms with Crippen LogP contribution < -0.4 is 4.74 Å². The Bertz CT molecular complexity index is 453. The van der Waals surface area contributed by atoms with Gasteiger partial charge in [-0.2, -0.15) is 5.10 Å². The highest BCUT2D eigenvalue weighted by molar-refractivity contribution is 5.85. The van der Waals surface area contributed by atoms with Gasteiger partial charge in [0.2, 0.25) is 0 Å². The number of halogens is 1. The molecule has 0 spiro atoms. The van der Waals surface area contributed by atoms with Crippen LogP contribution in [-0.2, 0) is 6.61 Å². The van der Waals surface area contributed by atoms with Gasteiger partial charge < -0.3 is 4.74 Å². The highest BCUT2D eigenvalue weighted by Crippen LogP contribution is 2.35. The molecule has 1 aliphatic heterocycles. The number of ether oxygens (including phenoxy) is 1. The molecule has 0 unspecified atom stereocenters. The number of hydrogen-bond donors (Lipinski definition) is 1. The average Bonchev–Trinajstić information content (AvgIpc) is 2.65. The van der Waals surface area contributed by atoms with E-state index in [1.807, 2.05) is 30.5 Å². The van der Waals surface area contributed by atoms with E-state index in [2.05, 4.69) is 10.2 Å². The monoisotopic (exact) mass is 208 g/mol. The van der Waals surface area contributed by atoms with Gasteiger partial charge in [-0.25, -0.2) is 0 Å². The Morgan fingerprint density at radius 2 is 2.14 bits per heavy atom. The molecule has 1 aromatic heterocycles. The van der Waals surface area contributed by atoms with E-state index in [1.54, 1.807) is 0 Å². The Hall–Kier alpha value is -1.48. The van der Waals surface area contributed by atoms with E-state index < -0.39 is 0 Å². The quantitative estimate of drug-likeness (QED) is 0.722. The van der Waals surface area contributed by atoms with E-state index >= 15 is 0 Å². The molecule has 0 saturated carbocycles. The van der Waals surface area contributed by atoms with E-state index in [-0.39, 0.29) is 12.4 Å². The van der Waals surface area contributed by atoms with Gasteiger partial charge in [0, 0.05) is 11.1 Å². The molecule has 0 bridgehead atoms. The fourth-order valence-corrected chi connectivity index (χ4v) is 1.61. The summed E-state index contributed by atoms with van der Waals surface area (Å²) in [5.74, 6) is 0.930. The fourth-order valence-electron chi connectivity index (χ4n) is 1.61. The van der Waals surface area contributed by atoms with Crippen molar-refractivity contribution in [3.63, 3.8) is 0 Å². The van der Waals surface area contributed by atoms with Crippen molar-refractivity contribution in [1.82, 2.24) is 10.2 Å². The van der Waals surface area contributed by atoms with Crippen molar-refractivity contribution in [3.05, 3.63) is 36.0 Å². The minimum absolute atomic E-state index is 0. The molecule has 2 aromatic rings. The summed E-state index contributed by atoms with van der Waals surface area (Å²) in [5.41, 5.74) is 3.31. The molecule has 0 aliphatic carbocycles. The normalized spacial score (nSPS) is 12.0. The van der Waals surface area contributed by atoms with Gasteiger partial charge in [-0.3, -0.25) is 5.10 Å². The number of rotatable bonds is 0. The molecular formula is C10H9ClN2O. The van der Waals surface area contributed by atoms with Crippen molar-refractivity contribution in [2.24, 2.45) is 0 Å². The second-order valence-electron chi connectivity index (χ2n) is 3.06. The lowest BCUT2D eigenvalue weighted by molar-refractivity contribution is 0.302. The van der Waals surface area contributed by atoms with Crippen molar-refractivity contribution in [3.8, 4) is 17.0 Å². The third-order valence-electron chi connectivity index (χ3n) is 2.26. The van der Waals surface area contributed by atoms with E-state index in [0.717, 1.165) is 22.6 Å². The standard InChI is InChI=1S/C10H8N2O.ClH/c1-2-4-9-8(3-1)10-7(6-13-9)5-11-12-10;/h1-5H,6H2,(H,11,12);1H. The summed E-state index contributed by atoms with van der Waals surface area (Å²) in [6.07, 6.45) is 1.81. The van der Waals surface area contributed by atoms with E-state index in [1.165, 1.54) is 0 Å². The molecular weight excluding hydrogens is 200 g/mol. The fraction of sp³-hybridized carbons (Fsp3) is 0.100. The number of para-hydroxylation sites is 1. The maximum Gasteiger partial charge on any atom is 0.129 e. The SMILES string of the molecule is Cl.c1ccc2c(c1)OCc1cn[nH]c1-2. The molecule has 1 N–H and O–H groups in total. The molecule has 0 saturated heterocycles. The van der Waals surface area contributed by atoms with Crippen molar-refractivity contribution < 1.29 is 4.74 Å². The van der Waals surface area contributed by atoms with E-state index in [4.69, 9.17) is 4.74 Å². The first kappa shape index (κ1) is 9.09. The number of fused-ring (bicyclic) bond motifs is 3. The third kappa shape index (κ3) is 1.17. The van der Waals surface area contributed by atoms with Crippen molar-refractivity contribution >= 4 is 12.4 Å². The van der Waals surface area contributed by atoms with Crippen LogP contribution in [0.2, 0.25) is 0 Å². The molecule has 0 amide bonds. The summed E-state index contributed by atoms with van der Waals surface area (Å²) >= 11 is 0.